The molecule has 0 aliphatic carbocycles. The second-order valence-electron chi connectivity index (χ2n) is 2.70. The summed E-state index contributed by atoms with van der Waals surface area (Å²) in [7, 11) is 0. The van der Waals surface area contributed by atoms with Gasteiger partial charge in [-0.15, -0.1) is 0 Å². The molecule has 0 heterocycles. The van der Waals surface area contributed by atoms with Gasteiger partial charge in [0.05, 0.1) is 0 Å². The fourth-order valence-electron chi connectivity index (χ4n) is 0.490. The number of nitrogens with two attached hydrogens (primary N) is 1. The van der Waals surface area contributed by atoms with Gasteiger partial charge >= 0.3 is 6.09 Å². The van der Waals surface area contributed by atoms with Gasteiger partial charge < -0.3 is 15.8 Å². The van der Waals surface area contributed by atoms with Crippen molar-refractivity contribution >= 4 is 6.09 Å². The zero-order valence-corrected chi connectivity index (χ0v) is 7.09. The van der Waals surface area contributed by atoms with Crippen molar-refractivity contribution in [1.29, 1.82) is 0 Å². The quantitative estimate of drug-likeness (QED) is 0.622. The highest BCUT2D eigenvalue weighted by Crippen LogP contribution is 1.87. The van der Waals surface area contributed by atoms with E-state index in [1.54, 1.807) is 0 Å². The van der Waals surface area contributed by atoms with Gasteiger partial charge in [0.1, 0.15) is 6.61 Å². The topological polar surface area (TPSA) is 64.3 Å². The molecule has 0 atom stereocenters. The van der Waals surface area contributed by atoms with Gasteiger partial charge in [-0.1, -0.05) is 13.8 Å². The fourth-order valence-corrected chi connectivity index (χ4v) is 0.490. The molecule has 4 nitrogen and oxygen atoms in total. The summed E-state index contributed by atoms with van der Waals surface area (Å²) in [4.78, 5) is 10.7. The lowest BCUT2D eigenvalue weighted by molar-refractivity contribution is 0.148. The number of carbonyl (C=O) groups is 1. The van der Waals surface area contributed by atoms with E-state index in [2.05, 4.69) is 10.1 Å². The van der Waals surface area contributed by atoms with Gasteiger partial charge in [0.15, 0.2) is 0 Å². The maximum atomic E-state index is 10.7. The molecule has 1 amide bonds. The number of carbonyl (C=O) groups excluding carboxylic acids is 1. The summed E-state index contributed by atoms with van der Waals surface area (Å²) >= 11 is 0. The summed E-state index contributed by atoms with van der Waals surface area (Å²) in [5, 5.41) is 2.60. The van der Waals surface area contributed by atoms with Crippen LogP contribution >= 0.6 is 0 Å². The largest absolute Gasteiger partial charge is 0.448 e. The van der Waals surface area contributed by atoms with E-state index < -0.39 is 0 Å². The second kappa shape index (κ2) is 5.97. The van der Waals surface area contributed by atoms with Crippen molar-refractivity contribution < 1.29 is 9.53 Å². The molecular weight excluding hydrogens is 144 g/mol. The Bertz CT molecular complexity index is 115. The number of hydrogen-bond donors (Lipinski definition) is 2. The van der Waals surface area contributed by atoms with E-state index in [4.69, 9.17) is 5.73 Å². The molecule has 0 fully saturated rings. The molecule has 66 valence electrons. The highest BCUT2D eigenvalue weighted by molar-refractivity contribution is 5.67. The van der Waals surface area contributed by atoms with Crippen LogP contribution in [0.2, 0.25) is 0 Å². The summed E-state index contributed by atoms with van der Waals surface area (Å²) < 4.78 is 4.67. The van der Waals surface area contributed by atoms with Crippen molar-refractivity contribution in [2.24, 2.45) is 11.7 Å². The third-order valence-electron chi connectivity index (χ3n) is 1.01. The number of hydrogen-bond acceptors (Lipinski definition) is 3. The predicted molar refractivity (Wildman–Crippen MR) is 43.2 cm³/mol. The van der Waals surface area contributed by atoms with Crippen LogP contribution in [0.3, 0.4) is 0 Å². The first-order chi connectivity index (χ1) is 5.16. The van der Waals surface area contributed by atoms with Crippen LogP contribution in [0.25, 0.3) is 0 Å². The molecule has 0 aromatic carbocycles. The van der Waals surface area contributed by atoms with E-state index in [9.17, 15) is 4.79 Å². The van der Waals surface area contributed by atoms with E-state index in [-0.39, 0.29) is 12.7 Å². The molecule has 0 aliphatic heterocycles. The van der Waals surface area contributed by atoms with Crippen molar-refractivity contribution in [2.45, 2.75) is 13.8 Å². The van der Waals surface area contributed by atoms with Crippen molar-refractivity contribution in [1.82, 2.24) is 5.32 Å². The monoisotopic (exact) mass is 160 g/mol. The van der Waals surface area contributed by atoms with E-state index >= 15 is 0 Å². The molecule has 0 aromatic rings. The van der Waals surface area contributed by atoms with Crippen molar-refractivity contribution in [3.05, 3.63) is 0 Å². The Morgan fingerprint density at radius 2 is 2.27 bits per heavy atom. The van der Waals surface area contributed by atoms with Crippen LogP contribution in [0.4, 0.5) is 4.79 Å². The van der Waals surface area contributed by atoms with Gasteiger partial charge in [-0.3, -0.25) is 0 Å². The SMILES string of the molecule is CC(C)CNC(=O)OCCN. The van der Waals surface area contributed by atoms with Crippen molar-refractivity contribution in [3.8, 4) is 0 Å². The average Bonchev–Trinajstić information content (AvgIpc) is 1.97. The van der Waals surface area contributed by atoms with Crippen LogP contribution in [0, 0.1) is 5.92 Å². The molecule has 0 bridgehead atoms. The van der Waals surface area contributed by atoms with Crippen LogP contribution < -0.4 is 11.1 Å². The first-order valence-corrected chi connectivity index (χ1v) is 3.77. The Labute approximate surface area is 67.1 Å². The number of rotatable bonds is 4. The van der Waals surface area contributed by atoms with Gasteiger partial charge in [0.25, 0.3) is 0 Å². The molecule has 0 spiro atoms. The van der Waals surface area contributed by atoms with E-state index in [0.29, 0.717) is 19.0 Å². The third kappa shape index (κ3) is 7.12. The number of ether oxygens (including phenoxy) is 1. The minimum atomic E-state index is -0.385. The van der Waals surface area contributed by atoms with Gasteiger partial charge in [-0.05, 0) is 5.92 Å². The Balaban J connectivity index is 3.23. The molecule has 0 radical (unpaired) electrons. The standard InChI is InChI=1S/C7H16N2O2/c1-6(2)5-9-7(10)11-4-3-8/h6H,3-5,8H2,1-2H3,(H,9,10). The molecule has 0 rings (SSSR count). The van der Waals surface area contributed by atoms with Crippen molar-refractivity contribution in [2.75, 3.05) is 19.7 Å². The summed E-state index contributed by atoms with van der Waals surface area (Å²) in [6.45, 7) is 5.33. The third-order valence-corrected chi connectivity index (χ3v) is 1.01. The number of nitrogens with one attached hydrogen (secondary N) is 1. The average molecular weight is 160 g/mol. The van der Waals surface area contributed by atoms with Gasteiger partial charge in [0.2, 0.25) is 0 Å². The molecule has 0 saturated carbocycles. The Kier molecular flexibility index (Phi) is 5.56. The lowest BCUT2D eigenvalue weighted by Gasteiger charge is -2.07. The van der Waals surface area contributed by atoms with Crippen molar-refractivity contribution in [3.63, 3.8) is 0 Å². The molecule has 3 N–H and O–H groups in total. The Morgan fingerprint density at radius 3 is 2.73 bits per heavy atom. The van der Waals surface area contributed by atoms with E-state index in [1.807, 2.05) is 13.8 Å². The zero-order chi connectivity index (χ0) is 8.69. The van der Waals surface area contributed by atoms with E-state index in [1.165, 1.54) is 0 Å². The van der Waals surface area contributed by atoms with Crippen LogP contribution in [0.15, 0.2) is 0 Å². The van der Waals surface area contributed by atoms with Crippen LogP contribution in [0.1, 0.15) is 13.8 Å². The first-order valence-electron chi connectivity index (χ1n) is 3.77. The maximum Gasteiger partial charge on any atom is 0.407 e. The highest BCUT2D eigenvalue weighted by atomic mass is 16.5. The molecule has 0 unspecified atom stereocenters. The highest BCUT2D eigenvalue weighted by Gasteiger charge is 2.00. The van der Waals surface area contributed by atoms with Gasteiger partial charge in [-0.25, -0.2) is 4.79 Å². The Morgan fingerprint density at radius 1 is 1.64 bits per heavy atom. The Hall–Kier alpha value is -0.770. The summed E-state index contributed by atoms with van der Waals surface area (Å²) in [5.41, 5.74) is 5.13. The van der Waals surface area contributed by atoms with Gasteiger partial charge in [0, 0.05) is 13.1 Å². The molecular formula is C7H16N2O2. The number of alkyl carbamates (subject to hydrolysis) is 1. The second-order valence-corrected chi connectivity index (χ2v) is 2.70. The summed E-state index contributed by atoms with van der Waals surface area (Å²) in [6, 6.07) is 0. The fraction of sp³-hybridized carbons (Fsp3) is 0.857. The summed E-state index contributed by atoms with van der Waals surface area (Å²) in [6.07, 6.45) is -0.385. The molecule has 0 aliphatic rings. The van der Waals surface area contributed by atoms with E-state index in [0.717, 1.165) is 0 Å². The maximum absolute atomic E-state index is 10.7. The van der Waals surface area contributed by atoms with Crippen LogP contribution in [-0.4, -0.2) is 25.8 Å². The number of amides is 1. The lowest BCUT2D eigenvalue weighted by Crippen LogP contribution is -2.29. The van der Waals surface area contributed by atoms with Gasteiger partial charge in [-0.2, -0.15) is 0 Å². The zero-order valence-electron chi connectivity index (χ0n) is 7.09. The summed E-state index contributed by atoms with van der Waals surface area (Å²) in [5.74, 6) is 0.445. The lowest BCUT2D eigenvalue weighted by atomic mass is 10.2. The molecule has 4 heteroatoms. The first kappa shape index (κ1) is 10.2. The minimum Gasteiger partial charge on any atom is -0.448 e. The minimum absolute atomic E-state index is 0.282. The predicted octanol–water partition coefficient (Wildman–Crippen LogP) is 0.327. The smallest absolute Gasteiger partial charge is 0.407 e. The van der Waals surface area contributed by atoms with Crippen LogP contribution in [-0.2, 0) is 4.74 Å². The molecule has 11 heavy (non-hydrogen) atoms. The molecule has 0 saturated heterocycles. The molecule has 0 aromatic heterocycles. The normalized spacial score (nSPS) is 9.82. The van der Waals surface area contributed by atoms with Crippen LogP contribution in [0.5, 0.6) is 0 Å².